The maximum atomic E-state index is 10.4. The van der Waals surface area contributed by atoms with Crippen molar-refractivity contribution in [3.8, 4) is 0 Å². The minimum atomic E-state index is -0.749. The molecule has 3 unspecified atom stereocenters. The van der Waals surface area contributed by atoms with Crippen molar-refractivity contribution in [3.63, 3.8) is 0 Å². The van der Waals surface area contributed by atoms with Gasteiger partial charge in [0.1, 0.15) is 17.1 Å². The lowest BCUT2D eigenvalue weighted by Gasteiger charge is -2.28. The largest absolute Gasteiger partial charge is 0.466 e. The highest BCUT2D eigenvalue weighted by Crippen LogP contribution is 2.27. The number of nitrogens with one attached hydrogen (secondary N) is 1. The summed E-state index contributed by atoms with van der Waals surface area (Å²) in [6, 6.07) is 2.21. The van der Waals surface area contributed by atoms with Crippen molar-refractivity contribution in [1.29, 1.82) is 0 Å². The van der Waals surface area contributed by atoms with Gasteiger partial charge in [-0.05, 0) is 33.8 Å². The van der Waals surface area contributed by atoms with Gasteiger partial charge in [-0.1, -0.05) is 0 Å². The lowest BCUT2D eigenvalue weighted by molar-refractivity contribution is -0.0274. The van der Waals surface area contributed by atoms with Crippen LogP contribution < -0.4 is 5.32 Å². The van der Waals surface area contributed by atoms with Gasteiger partial charge in [-0.25, -0.2) is 0 Å². The van der Waals surface area contributed by atoms with E-state index in [1.54, 1.807) is 0 Å². The third kappa shape index (κ3) is 2.60. The van der Waals surface area contributed by atoms with E-state index >= 15 is 0 Å². The number of hydrogen-bond acceptors (Lipinski definition) is 4. The van der Waals surface area contributed by atoms with Crippen LogP contribution >= 0.6 is 0 Å². The molecule has 1 aromatic heterocycles. The summed E-state index contributed by atoms with van der Waals surface area (Å²) < 4.78 is 11.0. The van der Waals surface area contributed by atoms with Gasteiger partial charge in [0.15, 0.2) is 0 Å². The maximum absolute atomic E-state index is 10.4. The first-order valence-electron chi connectivity index (χ1n) is 6.56. The zero-order chi connectivity index (χ0) is 13.3. The number of rotatable bonds is 4. The van der Waals surface area contributed by atoms with Crippen molar-refractivity contribution in [2.45, 2.75) is 51.9 Å². The monoisotopic (exact) mass is 253 g/mol. The molecule has 1 fully saturated rings. The first-order valence-corrected chi connectivity index (χ1v) is 6.56. The van der Waals surface area contributed by atoms with Crippen LogP contribution in [0.2, 0.25) is 0 Å². The topological polar surface area (TPSA) is 54.6 Å². The predicted molar refractivity (Wildman–Crippen MR) is 69.6 cm³/mol. The molecule has 2 N–H and O–H groups in total. The van der Waals surface area contributed by atoms with Crippen molar-refractivity contribution in [2.75, 3.05) is 13.2 Å². The molecule has 4 nitrogen and oxygen atoms in total. The molecule has 3 atom stereocenters. The molecule has 1 saturated heterocycles. The number of aryl methyl sites for hydroxylation is 2. The summed E-state index contributed by atoms with van der Waals surface area (Å²) in [6.45, 7) is 9.10. The summed E-state index contributed by atoms with van der Waals surface area (Å²) in [4.78, 5) is 0. The first-order chi connectivity index (χ1) is 8.42. The number of hydrogen-bond donors (Lipinski definition) is 2. The van der Waals surface area contributed by atoms with Gasteiger partial charge in [-0.2, -0.15) is 0 Å². The molecule has 1 aliphatic heterocycles. The normalized spacial score (nSPS) is 29.7. The van der Waals surface area contributed by atoms with E-state index in [0.717, 1.165) is 17.1 Å². The molecule has 0 amide bonds. The molecule has 2 heterocycles. The first kappa shape index (κ1) is 13.6. The Morgan fingerprint density at radius 3 is 2.78 bits per heavy atom. The van der Waals surface area contributed by atoms with Gasteiger partial charge < -0.3 is 19.6 Å². The van der Waals surface area contributed by atoms with Crippen LogP contribution in [0.5, 0.6) is 0 Å². The smallest absolute Gasteiger partial charge is 0.105 e. The molecule has 0 radical (unpaired) electrons. The van der Waals surface area contributed by atoms with E-state index in [-0.39, 0.29) is 12.1 Å². The standard InChI is InChI=1S/C14H23NO3/c1-9-7-13(11(3)18-9)10(2)15-8-14(16)5-6-17-12(14)4/h7,10,12,15-16H,5-6,8H2,1-4H3. The van der Waals surface area contributed by atoms with Gasteiger partial charge in [0.2, 0.25) is 0 Å². The van der Waals surface area contributed by atoms with Crippen molar-refractivity contribution in [3.05, 3.63) is 23.2 Å². The average molecular weight is 253 g/mol. The number of aliphatic hydroxyl groups is 1. The van der Waals surface area contributed by atoms with Gasteiger partial charge in [0.25, 0.3) is 0 Å². The summed E-state index contributed by atoms with van der Waals surface area (Å²) in [6.07, 6.45) is 0.585. The lowest BCUT2D eigenvalue weighted by atomic mass is 9.96. The molecule has 1 aliphatic rings. The van der Waals surface area contributed by atoms with Gasteiger partial charge in [-0.3, -0.25) is 0 Å². The van der Waals surface area contributed by atoms with Crippen LogP contribution in [0.1, 0.15) is 43.4 Å². The molecule has 1 aromatic rings. The van der Waals surface area contributed by atoms with Crippen LogP contribution in [0.25, 0.3) is 0 Å². The molecule has 0 spiro atoms. The van der Waals surface area contributed by atoms with Crippen molar-refractivity contribution in [2.24, 2.45) is 0 Å². The fourth-order valence-corrected chi connectivity index (χ4v) is 2.52. The zero-order valence-electron chi connectivity index (χ0n) is 11.6. The predicted octanol–water partition coefficient (Wildman–Crippen LogP) is 2.09. The fraction of sp³-hybridized carbons (Fsp3) is 0.714. The van der Waals surface area contributed by atoms with E-state index in [4.69, 9.17) is 9.15 Å². The molecular formula is C14H23NO3. The molecule has 0 saturated carbocycles. The summed E-state index contributed by atoms with van der Waals surface area (Å²) in [5.74, 6) is 1.86. The lowest BCUT2D eigenvalue weighted by Crippen LogP contribution is -2.46. The Morgan fingerprint density at radius 2 is 2.28 bits per heavy atom. The van der Waals surface area contributed by atoms with E-state index in [0.29, 0.717) is 19.6 Å². The summed E-state index contributed by atoms with van der Waals surface area (Å²) >= 11 is 0. The summed E-state index contributed by atoms with van der Waals surface area (Å²) in [7, 11) is 0. The van der Waals surface area contributed by atoms with Gasteiger partial charge >= 0.3 is 0 Å². The van der Waals surface area contributed by atoms with Gasteiger partial charge in [0.05, 0.1) is 6.10 Å². The van der Waals surface area contributed by atoms with E-state index in [2.05, 4.69) is 12.2 Å². The van der Waals surface area contributed by atoms with Crippen LogP contribution in [0.4, 0.5) is 0 Å². The molecule has 0 aromatic carbocycles. The second-order valence-electron chi connectivity index (χ2n) is 5.34. The number of ether oxygens (including phenoxy) is 1. The van der Waals surface area contributed by atoms with Crippen LogP contribution in [0.15, 0.2) is 10.5 Å². The minimum Gasteiger partial charge on any atom is -0.466 e. The third-order valence-corrected chi connectivity index (χ3v) is 3.92. The van der Waals surface area contributed by atoms with Crippen LogP contribution in [-0.2, 0) is 4.74 Å². The molecule has 0 bridgehead atoms. The fourth-order valence-electron chi connectivity index (χ4n) is 2.52. The van der Waals surface area contributed by atoms with Gasteiger partial charge in [-0.15, -0.1) is 0 Å². The van der Waals surface area contributed by atoms with E-state index in [1.165, 1.54) is 0 Å². The Kier molecular flexibility index (Phi) is 3.80. The minimum absolute atomic E-state index is 0.107. The highest BCUT2D eigenvalue weighted by molar-refractivity contribution is 5.23. The molecule has 18 heavy (non-hydrogen) atoms. The molecular weight excluding hydrogens is 230 g/mol. The molecule has 102 valence electrons. The number of furan rings is 1. The third-order valence-electron chi connectivity index (χ3n) is 3.92. The van der Waals surface area contributed by atoms with Crippen molar-refractivity contribution >= 4 is 0 Å². The SMILES string of the molecule is Cc1cc(C(C)NCC2(O)CCOC2C)c(C)o1. The zero-order valence-corrected chi connectivity index (χ0v) is 11.6. The van der Waals surface area contributed by atoms with Gasteiger partial charge in [0, 0.05) is 31.2 Å². The summed E-state index contributed by atoms with van der Waals surface area (Å²) in [5, 5.41) is 13.8. The Balaban J connectivity index is 1.96. The highest BCUT2D eigenvalue weighted by atomic mass is 16.5. The summed E-state index contributed by atoms with van der Waals surface area (Å²) in [5.41, 5.74) is 0.406. The second-order valence-corrected chi connectivity index (χ2v) is 5.34. The quantitative estimate of drug-likeness (QED) is 0.862. The van der Waals surface area contributed by atoms with Crippen LogP contribution in [0, 0.1) is 13.8 Å². The van der Waals surface area contributed by atoms with Crippen molar-refractivity contribution < 1.29 is 14.3 Å². The van der Waals surface area contributed by atoms with Crippen LogP contribution in [-0.4, -0.2) is 30.0 Å². The van der Waals surface area contributed by atoms with E-state index in [9.17, 15) is 5.11 Å². The Hall–Kier alpha value is -0.840. The highest BCUT2D eigenvalue weighted by Gasteiger charge is 2.39. The molecule has 4 heteroatoms. The maximum Gasteiger partial charge on any atom is 0.105 e. The molecule has 0 aliphatic carbocycles. The Labute approximate surface area is 108 Å². The van der Waals surface area contributed by atoms with Crippen molar-refractivity contribution in [1.82, 2.24) is 5.32 Å². The average Bonchev–Trinajstić information content (AvgIpc) is 2.80. The van der Waals surface area contributed by atoms with Crippen LogP contribution in [0.3, 0.4) is 0 Å². The second kappa shape index (κ2) is 5.03. The Morgan fingerprint density at radius 1 is 1.56 bits per heavy atom. The Bertz CT molecular complexity index is 415. The molecule has 2 rings (SSSR count). The van der Waals surface area contributed by atoms with E-state index < -0.39 is 5.60 Å². The van der Waals surface area contributed by atoms with E-state index in [1.807, 2.05) is 26.8 Å².